The monoisotopic (exact) mass is 492 g/mol. The van der Waals surface area contributed by atoms with Crippen LogP contribution in [-0.4, -0.2) is 45.6 Å². The van der Waals surface area contributed by atoms with Crippen molar-refractivity contribution in [3.63, 3.8) is 0 Å². The SMILES string of the molecule is CC(C)(C)C(=O)n1c2cncc(c2)c2cc3c(cn2)[nH][nH]c-3c2nc3ccnc(c4ccc1s4)c3n2. The van der Waals surface area contributed by atoms with Crippen LogP contribution in [0, 0.1) is 5.41 Å². The molecule has 0 saturated carbocycles. The molecule has 2 N–H and O–H groups in total. The Balaban J connectivity index is 1.74. The second-order valence-corrected chi connectivity index (χ2v) is 10.8. The van der Waals surface area contributed by atoms with Crippen LogP contribution in [0.5, 0.6) is 0 Å². The molecule has 0 spiro atoms. The van der Waals surface area contributed by atoms with Crippen LogP contribution in [0.1, 0.15) is 25.6 Å². The lowest BCUT2D eigenvalue weighted by atomic mass is 9.95. The second-order valence-electron chi connectivity index (χ2n) is 9.77. The molecule has 9 nitrogen and oxygen atoms in total. The van der Waals surface area contributed by atoms with Gasteiger partial charge in [0.2, 0.25) is 5.91 Å². The van der Waals surface area contributed by atoms with Crippen molar-refractivity contribution in [2.24, 2.45) is 5.41 Å². The van der Waals surface area contributed by atoms with E-state index < -0.39 is 5.41 Å². The van der Waals surface area contributed by atoms with Gasteiger partial charge in [-0.1, -0.05) is 20.8 Å². The number of fused-ring (bicyclic) bond motifs is 9. The summed E-state index contributed by atoms with van der Waals surface area (Å²) in [5.41, 5.74) is 6.09. The van der Waals surface area contributed by atoms with E-state index in [1.807, 2.05) is 51.1 Å². The minimum atomic E-state index is -0.611. The molecule has 5 aromatic heterocycles. The van der Waals surface area contributed by atoms with Crippen molar-refractivity contribution in [1.82, 2.24) is 39.7 Å². The molecule has 0 aliphatic carbocycles. The van der Waals surface area contributed by atoms with Crippen LogP contribution in [0.2, 0.25) is 0 Å². The molecule has 0 aromatic carbocycles. The summed E-state index contributed by atoms with van der Waals surface area (Å²) in [4.78, 5) is 37.9. The van der Waals surface area contributed by atoms with Crippen molar-refractivity contribution in [1.29, 1.82) is 0 Å². The van der Waals surface area contributed by atoms with E-state index in [9.17, 15) is 4.79 Å². The first-order chi connectivity index (χ1) is 17.4. The minimum Gasteiger partial charge on any atom is -0.298 e. The summed E-state index contributed by atoms with van der Waals surface area (Å²) in [6, 6.07) is 9.72. The van der Waals surface area contributed by atoms with Crippen LogP contribution in [0.15, 0.2) is 55.1 Å². The van der Waals surface area contributed by atoms with Gasteiger partial charge in [0, 0.05) is 28.8 Å². The van der Waals surface area contributed by atoms with Crippen LogP contribution in [0.4, 0.5) is 0 Å². The quantitative estimate of drug-likeness (QED) is 0.274. The number of carbonyl (C=O) groups excluding carboxylic acids is 1. The maximum absolute atomic E-state index is 13.7. The molecule has 0 saturated heterocycles. The summed E-state index contributed by atoms with van der Waals surface area (Å²) < 4.78 is 2.64. The van der Waals surface area contributed by atoms with E-state index >= 15 is 0 Å². The van der Waals surface area contributed by atoms with Crippen molar-refractivity contribution in [3.8, 4) is 11.3 Å². The minimum absolute atomic E-state index is 0.0355. The highest BCUT2D eigenvalue weighted by Crippen LogP contribution is 2.32. The zero-order valence-corrected chi connectivity index (χ0v) is 20.5. The van der Waals surface area contributed by atoms with Gasteiger partial charge in [-0.3, -0.25) is 34.5 Å². The maximum atomic E-state index is 13.7. The number of H-pyrrole nitrogens is 2. The van der Waals surface area contributed by atoms with Crippen LogP contribution >= 0.6 is 11.3 Å². The number of aromatic amines is 2. The fourth-order valence-corrected chi connectivity index (χ4v) is 5.44. The number of hydrogen-bond acceptors (Lipinski definition) is 7. The Morgan fingerprint density at radius 1 is 0.944 bits per heavy atom. The molecular weight excluding hydrogens is 472 g/mol. The Morgan fingerprint density at radius 2 is 1.83 bits per heavy atom. The molecule has 2 aliphatic rings. The van der Waals surface area contributed by atoms with Gasteiger partial charge in [0.25, 0.3) is 0 Å². The van der Waals surface area contributed by atoms with E-state index in [4.69, 9.17) is 9.97 Å². The van der Waals surface area contributed by atoms with Gasteiger partial charge in [-0.15, -0.1) is 11.3 Å². The molecule has 0 radical (unpaired) electrons. The lowest BCUT2D eigenvalue weighted by molar-refractivity contribution is 0.0778. The van der Waals surface area contributed by atoms with Crippen molar-refractivity contribution < 1.29 is 4.79 Å². The highest BCUT2D eigenvalue weighted by atomic mass is 32.1. The summed E-state index contributed by atoms with van der Waals surface area (Å²) in [6.45, 7) is 5.75. The topological polar surface area (TPSA) is 118 Å². The first kappa shape index (κ1) is 20.9. The van der Waals surface area contributed by atoms with Crippen LogP contribution in [-0.2, 0) is 0 Å². The lowest BCUT2D eigenvalue weighted by Crippen LogP contribution is -2.26. The van der Waals surface area contributed by atoms with E-state index in [1.165, 1.54) is 11.3 Å². The highest BCUT2D eigenvalue weighted by Gasteiger charge is 2.25. The molecule has 0 atom stereocenters. The third-order valence-electron chi connectivity index (χ3n) is 6.23. The number of hydrogen-bond donors (Lipinski definition) is 2. The summed E-state index contributed by atoms with van der Waals surface area (Å²) >= 11 is 1.49. The molecule has 10 heteroatoms. The molecule has 5 aromatic rings. The van der Waals surface area contributed by atoms with Crippen molar-refractivity contribution in [2.45, 2.75) is 20.8 Å². The number of aromatic nitrogens is 8. The Morgan fingerprint density at radius 3 is 2.69 bits per heavy atom. The predicted molar refractivity (Wildman–Crippen MR) is 142 cm³/mol. The van der Waals surface area contributed by atoms with Gasteiger partial charge in [-0.25, -0.2) is 9.97 Å². The second kappa shape index (κ2) is 7.28. The number of pyridine rings is 3. The fraction of sp³-hybridized carbons (Fsp3) is 0.154. The van der Waals surface area contributed by atoms with E-state index in [-0.39, 0.29) is 5.91 Å². The molecule has 7 heterocycles. The molecule has 36 heavy (non-hydrogen) atoms. The van der Waals surface area contributed by atoms with Crippen molar-refractivity contribution in [3.05, 3.63) is 55.1 Å². The zero-order chi connectivity index (χ0) is 24.6. The van der Waals surface area contributed by atoms with Crippen LogP contribution in [0.3, 0.4) is 0 Å². The molecule has 2 aliphatic heterocycles. The third kappa shape index (κ3) is 3.07. The normalized spacial score (nSPS) is 12.4. The summed E-state index contributed by atoms with van der Waals surface area (Å²) in [6.07, 6.45) is 6.99. The standard InChI is InChI=1S/C26H20N8OS/c1-26(2,3)25(35)34-14-8-13(10-27-11-14)17-9-15-18(12-29-17)32-33-21(15)24-30-16-6-7-28-23(22(16)31-24)19-4-5-20(34)36-19/h4-12,32-33H,1-3H3. The van der Waals surface area contributed by atoms with Gasteiger partial charge >= 0.3 is 0 Å². The maximum Gasteiger partial charge on any atom is 0.237 e. The fourth-order valence-electron chi connectivity index (χ4n) is 4.42. The average Bonchev–Trinajstić information content (AvgIpc) is 3.60. The summed E-state index contributed by atoms with van der Waals surface area (Å²) in [5.74, 6) is -0.0355. The number of nitrogens with zero attached hydrogens (tertiary/aromatic N) is 6. The smallest absolute Gasteiger partial charge is 0.237 e. The molecule has 7 rings (SSSR count). The summed E-state index contributed by atoms with van der Waals surface area (Å²) in [7, 11) is 0. The van der Waals surface area contributed by atoms with Crippen LogP contribution in [0.25, 0.3) is 64.9 Å². The van der Waals surface area contributed by atoms with E-state index in [0.717, 1.165) is 48.2 Å². The van der Waals surface area contributed by atoms with Gasteiger partial charge in [0.1, 0.15) is 21.6 Å². The van der Waals surface area contributed by atoms with Gasteiger partial charge in [0.15, 0.2) is 5.65 Å². The lowest BCUT2D eigenvalue weighted by Gasteiger charge is -2.19. The van der Waals surface area contributed by atoms with Crippen LogP contribution < -0.4 is 0 Å². The number of nitrogens with one attached hydrogen (secondary N) is 2. The molecule has 0 fully saturated rings. The van der Waals surface area contributed by atoms with Gasteiger partial charge < -0.3 is 0 Å². The number of carbonyl (C=O) groups is 1. The Bertz CT molecular complexity index is 2020. The predicted octanol–water partition coefficient (Wildman–Crippen LogP) is 5.86. The van der Waals surface area contributed by atoms with E-state index in [2.05, 4.69) is 25.1 Å². The van der Waals surface area contributed by atoms with E-state index in [1.54, 1.807) is 29.4 Å². The number of thiophene rings is 1. The molecule has 0 amide bonds. The average molecular weight is 493 g/mol. The molecular formula is C26H20N8OS. The Kier molecular flexibility index (Phi) is 4.23. The molecule has 176 valence electrons. The summed E-state index contributed by atoms with van der Waals surface area (Å²) in [5, 5.41) is 7.17. The van der Waals surface area contributed by atoms with Crippen molar-refractivity contribution >= 4 is 70.9 Å². The molecule has 8 bridgehead atoms. The largest absolute Gasteiger partial charge is 0.298 e. The first-order valence-corrected chi connectivity index (χ1v) is 12.3. The van der Waals surface area contributed by atoms with Crippen molar-refractivity contribution in [2.75, 3.05) is 0 Å². The molecule has 0 unspecified atom stereocenters. The van der Waals surface area contributed by atoms with Gasteiger partial charge in [-0.05, 0) is 30.3 Å². The zero-order valence-electron chi connectivity index (χ0n) is 19.7. The highest BCUT2D eigenvalue weighted by molar-refractivity contribution is 7.24. The Hall–Kier alpha value is -4.44. The number of rotatable bonds is 0. The first-order valence-electron chi connectivity index (χ1n) is 11.5. The van der Waals surface area contributed by atoms with Gasteiger partial charge in [-0.2, -0.15) is 0 Å². The third-order valence-corrected chi connectivity index (χ3v) is 7.31. The van der Waals surface area contributed by atoms with E-state index in [0.29, 0.717) is 16.7 Å². The van der Waals surface area contributed by atoms with Gasteiger partial charge in [0.05, 0.1) is 39.2 Å². The Labute approximate surface area is 207 Å². The number of imidazole rings is 1.